The molecule has 1 atom stereocenters. The first-order valence-corrected chi connectivity index (χ1v) is 19.0. The number of piperazine rings is 1. The number of hydrogen-bond donors (Lipinski definition) is 1. The highest BCUT2D eigenvalue weighted by molar-refractivity contribution is 5.93. The number of amides is 1. The Kier molecular flexibility index (Phi) is 10.9. The van der Waals surface area contributed by atoms with Crippen molar-refractivity contribution in [1.82, 2.24) is 19.3 Å². The summed E-state index contributed by atoms with van der Waals surface area (Å²) in [6.07, 6.45) is 6.55. The van der Waals surface area contributed by atoms with Crippen LogP contribution in [0.15, 0.2) is 53.1 Å². The highest BCUT2D eigenvalue weighted by atomic mass is 19.1. The van der Waals surface area contributed by atoms with Crippen molar-refractivity contribution in [2.75, 3.05) is 47.1 Å². The van der Waals surface area contributed by atoms with Crippen LogP contribution in [0.3, 0.4) is 0 Å². The SMILES string of the molecule is COc1cc(-c2cn(C)c(=O)c(C)c2C)cc(OC)c1CN1CCN(Cc2ccc3c(c2)[C@@H](C(C)C)N(C(=O)/C(N)=C/C(C)(C)CF)CC3)C2(CC2)C1. The van der Waals surface area contributed by atoms with Crippen LogP contribution in [0, 0.1) is 25.2 Å². The number of carbonyl (C=O) groups excluding carboxylic acids is 1. The molecule has 3 aromatic rings. The van der Waals surface area contributed by atoms with Crippen LogP contribution in [0.4, 0.5) is 4.39 Å². The number of methoxy groups -OCH3 is 2. The number of fused-ring (bicyclic) bond motifs is 1. The van der Waals surface area contributed by atoms with Gasteiger partial charge in [0.15, 0.2) is 0 Å². The lowest BCUT2D eigenvalue weighted by Gasteiger charge is -2.43. The van der Waals surface area contributed by atoms with Gasteiger partial charge in [0.05, 0.1) is 38.2 Å². The number of alkyl halides is 1. The highest BCUT2D eigenvalue weighted by Gasteiger charge is 2.51. The van der Waals surface area contributed by atoms with Gasteiger partial charge >= 0.3 is 0 Å². The maximum atomic E-state index is 13.7. The molecule has 1 aliphatic carbocycles. The lowest BCUT2D eigenvalue weighted by Crippen LogP contribution is -2.54. The number of aromatic nitrogens is 1. The number of nitrogens with two attached hydrogens (primary N) is 1. The van der Waals surface area contributed by atoms with E-state index in [1.54, 1.807) is 45.8 Å². The van der Waals surface area contributed by atoms with Gasteiger partial charge in [-0.05, 0) is 85.1 Å². The second kappa shape index (κ2) is 14.9. The maximum Gasteiger partial charge on any atom is 0.269 e. The maximum absolute atomic E-state index is 13.7. The summed E-state index contributed by atoms with van der Waals surface area (Å²) in [6, 6.07) is 10.9. The van der Waals surface area contributed by atoms with Crippen LogP contribution in [-0.4, -0.2) is 77.8 Å². The van der Waals surface area contributed by atoms with Crippen molar-refractivity contribution >= 4 is 5.91 Å². The fourth-order valence-electron chi connectivity index (χ4n) is 8.53. The first kappa shape index (κ1) is 38.6. The molecule has 286 valence electrons. The van der Waals surface area contributed by atoms with Crippen LogP contribution in [0.1, 0.15) is 80.0 Å². The summed E-state index contributed by atoms with van der Waals surface area (Å²) in [5, 5.41) is 0. The van der Waals surface area contributed by atoms with E-state index < -0.39 is 12.1 Å². The molecule has 6 rings (SSSR count). The zero-order chi connectivity index (χ0) is 38.4. The molecule has 3 heterocycles. The smallest absolute Gasteiger partial charge is 0.269 e. The van der Waals surface area contributed by atoms with Crippen molar-refractivity contribution in [2.24, 2.45) is 24.1 Å². The Morgan fingerprint density at radius 3 is 2.32 bits per heavy atom. The first-order valence-electron chi connectivity index (χ1n) is 19.0. The molecule has 2 aromatic carbocycles. The molecule has 3 aliphatic rings. The van der Waals surface area contributed by atoms with E-state index in [2.05, 4.69) is 54.0 Å². The van der Waals surface area contributed by atoms with Crippen LogP contribution < -0.4 is 20.8 Å². The summed E-state index contributed by atoms with van der Waals surface area (Å²) < 4.78 is 27.2. The van der Waals surface area contributed by atoms with Crippen LogP contribution >= 0.6 is 0 Å². The molecule has 0 unspecified atom stereocenters. The van der Waals surface area contributed by atoms with E-state index in [4.69, 9.17) is 15.2 Å². The molecule has 2 fully saturated rings. The molecule has 2 N–H and O–H groups in total. The summed E-state index contributed by atoms with van der Waals surface area (Å²) in [4.78, 5) is 33.3. The van der Waals surface area contributed by atoms with Gasteiger partial charge in [-0.3, -0.25) is 23.8 Å². The van der Waals surface area contributed by atoms with Crippen molar-refractivity contribution < 1.29 is 18.7 Å². The number of ether oxygens (including phenoxy) is 2. The Labute approximate surface area is 314 Å². The van der Waals surface area contributed by atoms with Crippen molar-refractivity contribution in [3.05, 3.63) is 92.0 Å². The number of pyridine rings is 1. The third kappa shape index (κ3) is 7.63. The molecule has 1 aromatic heterocycles. The monoisotopic (exact) mass is 727 g/mol. The van der Waals surface area contributed by atoms with Crippen molar-refractivity contribution in [1.29, 1.82) is 0 Å². The van der Waals surface area contributed by atoms with Crippen LogP contribution in [-0.2, 0) is 31.4 Å². The molecule has 1 saturated heterocycles. The summed E-state index contributed by atoms with van der Waals surface area (Å²) in [6.45, 7) is 16.1. The van der Waals surface area contributed by atoms with Gasteiger partial charge in [-0.1, -0.05) is 45.9 Å². The molecule has 0 bridgehead atoms. The van der Waals surface area contributed by atoms with E-state index >= 15 is 0 Å². The summed E-state index contributed by atoms with van der Waals surface area (Å²) in [5.41, 5.74) is 14.2. The van der Waals surface area contributed by atoms with Crippen LogP contribution in [0.2, 0.25) is 0 Å². The first-order chi connectivity index (χ1) is 25.1. The number of aryl methyl sites for hydroxylation is 1. The Bertz CT molecular complexity index is 1940. The van der Waals surface area contributed by atoms with E-state index in [0.717, 1.165) is 84.8 Å². The largest absolute Gasteiger partial charge is 0.496 e. The van der Waals surface area contributed by atoms with Gasteiger partial charge in [0, 0.05) is 74.6 Å². The molecule has 2 aliphatic heterocycles. The van der Waals surface area contributed by atoms with E-state index in [1.165, 1.54) is 16.7 Å². The minimum absolute atomic E-state index is 0.00906. The standard InChI is InChI=1S/C43H58FN5O4/c1-27(2)39-33-18-30(10-11-31(33)12-15-49(39)41(51)36(45)21-42(5,6)25-44)22-48-17-16-47(26-43(48)13-14-43)24-35-37(52-8)19-32(20-38(35)53-9)34-23-46(7)40(50)29(4)28(34)3/h10-11,18-21,23,27,39H,12-17,22,24-26,45H2,1-9H3/b36-21-/t39-/m1/s1. The van der Waals surface area contributed by atoms with Gasteiger partial charge in [0.1, 0.15) is 11.5 Å². The van der Waals surface area contributed by atoms with Gasteiger partial charge in [-0.2, -0.15) is 0 Å². The predicted molar refractivity (Wildman–Crippen MR) is 209 cm³/mol. The van der Waals surface area contributed by atoms with Crippen molar-refractivity contribution in [3.63, 3.8) is 0 Å². The molecular formula is C43H58FN5O4. The van der Waals surface area contributed by atoms with E-state index in [9.17, 15) is 14.0 Å². The fraction of sp³-hybridized carbons (Fsp3) is 0.535. The van der Waals surface area contributed by atoms with Gasteiger partial charge in [0.2, 0.25) is 0 Å². The summed E-state index contributed by atoms with van der Waals surface area (Å²) in [7, 11) is 5.20. The third-order valence-corrected chi connectivity index (χ3v) is 11.8. The molecule has 1 saturated carbocycles. The highest BCUT2D eigenvalue weighted by Crippen LogP contribution is 2.47. The number of hydrogen-bond acceptors (Lipinski definition) is 7. The second-order valence-electron chi connectivity index (χ2n) is 16.6. The molecule has 53 heavy (non-hydrogen) atoms. The fourth-order valence-corrected chi connectivity index (χ4v) is 8.53. The average Bonchev–Trinajstić information content (AvgIpc) is 3.91. The molecular weight excluding hydrogens is 670 g/mol. The molecule has 9 nitrogen and oxygen atoms in total. The Morgan fingerprint density at radius 1 is 1.04 bits per heavy atom. The third-order valence-electron chi connectivity index (χ3n) is 11.8. The number of allylic oxidation sites excluding steroid dienone is 1. The zero-order valence-electron chi connectivity index (χ0n) is 33.1. The molecule has 1 amide bonds. The van der Waals surface area contributed by atoms with E-state index in [0.29, 0.717) is 13.1 Å². The quantitative estimate of drug-likeness (QED) is 0.227. The second-order valence-corrected chi connectivity index (χ2v) is 16.6. The molecule has 10 heteroatoms. The van der Waals surface area contributed by atoms with Gasteiger partial charge in [-0.25, -0.2) is 0 Å². The minimum Gasteiger partial charge on any atom is -0.496 e. The number of rotatable bonds is 11. The van der Waals surface area contributed by atoms with Crippen molar-refractivity contribution in [2.45, 2.75) is 85.5 Å². The van der Waals surface area contributed by atoms with Gasteiger partial charge in [-0.15, -0.1) is 0 Å². The van der Waals surface area contributed by atoms with Crippen molar-refractivity contribution in [3.8, 4) is 22.6 Å². The minimum atomic E-state index is -0.788. The van der Waals surface area contributed by atoms with E-state index in [1.807, 2.05) is 24.9 Å². The normalized spacial score (nSPS) is 19.1. The Hall–Kier alpha value is -4.15. The molecule has 0 radical (unpaired) electrons. The lowest BCUT2D eigenvalue weighted by atomic mass is 9.84. The molecule has 1 spiro atoms. The Morgan fingerprint density at radius 2 is 1.72 bits per heavy atom. The predicted octanol–water partition coefficient (Wildman–Crippen LogP) is 6.46. The van der Waals surface area contributed by atoms with Crippen LogP contribution in [0.25, 0.3) is 11.1 Å². The summed E-state index contributed by atoms with van der Waals surface area (Å²) in [5.74, 6) is 1.53. The number of nitrogens with zero attached hydrogens (tertiary/aromatic N) is 4. The van der Waals surface area contributed by atoms with Gasteiger partial charge in [0.25, 0.3) is 11.5 Å². The van der Waals surface area contributed by atoms with Crippen LogP contribution in [0.5, 0.6) is 11.5 Å². The average molecular weight is 728 g/mol. The lowest BCUT2D eigenvalue weighted by molar-refractivity contribution is -0.131. The topological polar surface area (TPSA) is 93.3 Å². The van der Waals surface area contributed by atoms with E-state index in [-0.39, 0.29) is 34.7 Å². The van der Waals surface area contributed by atoms with Gasteiger partial charge < -0.3 is 24.7 Å². The number of benzene rings is 2. The summed E-state index contributed by atoms with van der Waals surface area (Å²) >= 11 is 0. The zero-order valence-corrected chi connectivity index (χ0v) is 33.1. The number of halogens is 1. The number of carbonyl (C=O) groups is 1. The Balaban J connectivity index is 1.19.